The molecule has 8 heteroatoms. The number of halogens is 1. The second-order valence-corrected chi connectivity index (χ2v) is 6.16. The number of benzene rings is 2. The highest BCUT2D eigenvalue weighted by Crippen LogP contribution is 2.30. The third-order valence-corrected chi connectivity index (χ3v) is 4.23. The van der Waals surface area contributed by atoms with Gasteiger partial charge in [-0.05, 0) is 49.0 Å². The molecule has 0 aliphatic carbocycles. The van der Waals surface area contributed by atoms with Crippen molar-refractivity contribution in [2.45, 2.75) is 13.0 Å². The Labute approximate surface area is 155 Å². The monoisotopic (exact) mass is 377 g/mol. The first-order valence-corrected chi connectivity index (χ1v) is 8.33. The number of para-hydroxylation sites is 2. The Bertz CT molecular complexity index is 815. The molecule has 0 saturated heterocycles. The molecule has 1 atom stereocenters. The molecule has 2 aromatic rings. The number of nitrogens with one attached hydrogen (secondary N) is 3. The molecule has 3 N–H and O–H groups in total. The maximum absolute atomic E-state index is 12.2. The zero-order valence-corrected chi connectivity index (χ0v) is 14.9. The van der Waals surface area contributed by atoms with Crippen LogP contribution in [0.3, 0.4) is 0 Å². The molecule has 2 aromatic carbocycles. The first kappa shape index (κ1) is 17.3. The van der Waals surface area contributed by atoms with Crippen molar-refractivity contribution >= 4 is 40.5 Å². The van der Waals surface area contributed by atoms with Gasteiger partial charge < -0.3 is 14.8 Å². The molecule has 1 aliphatic heterocycles. The van der Waals surface area contributed by atoms with Gasteiger partial charge in [0.15, 0.2) is 16.6 Å². The minimum Gasteiger partial charge on any atom is -0.485 e. The fourth-order valence-corrected chi connectivity index (χ4v) is 2.58. The average Bonchev–Trinajstić information content (AvgIpc) is 2.63. The van der Waals surface area contributed by atoms with Gasteiger partial charge in [-0.25, -0.2) is 0 Å². The van der Waals surface area contributed by atoms with Gasteiger partial charge in [0.2, 0.25) is 6.10 Å². The van der Waals surface area contributed by atoms with Crippen LogP contribution < -0.4 is 25.6 Å². The molecule has 0 radical (unpaired) electrons. The van der Waals surface area contributed by atoms with E-state index < -0.39 is 6.10 Å². The van der Waals surface area contributed by atoms with E-state index in [-0.39, 0.29) is 17.6 Å². The summed E-state index contributed by atoms with van der Waals surface area (Å²) in [4.78, 5) is 12.2. The lowest BCUT2D eigenvalue weighted by Gasteiger charge is -2.25. The summed E-state index contributed by atoms with van der Waals surface area (Å²) >= 11 is 11.2. The molecule has 1 unspecified atom stereocenters. The van der Waals surface area contributed by atoms with Gasteiger partial charge in [-0.3, -0.25) is 15.6 Å². The highest BCUT2D eigenvalue weighted by atomic mass is 35.5. The molecule has 0 aromatic heterocycles. The maximum atomic E-state index is 12.2. The van der Waals surface area contributed by atoms with Crippen LogP contribution in [0, 0.1) is 6.92 Å². The average molecular weight is 378 g/mol. The second-order valence-electron chi connectivity index (χ2n) is 5.35. The number of fused-ring (bicyclic) bond motifs is 1. The van der Waals surface area contributed by atoms with Crippen LogP contribution in [0.1, 0.15) is 5.56 Å². The van der Waals surface area contributed by atoms with Gasteiger partial charge in [0.05, 0.1) is 0 Å². The van der Waals surface area contributed by atoms with Crippen LogP contribution in [0.15, 0.2) is 42.5 Å². The molecule has 0 bridgehead atoms. The van der Waals surface area contributed by atoms with Gasteiger partial charge in [-0.1, -0.05) is 29.8 Å². The van der Waals surface area contributed by atoms with E-state index in [1.54, 1.807) is 18.2 Å². The van der Waals surface area contributed by atoms with Crippen molar-refractivity contribution in [3.8, 4) is 11.5 Å². The molecular formula is C17H16ClN3O3S. The van der Waals surface area contributed by atoms with Gasteiger partial charge in [-0.2, -0.15) is 0 Å². The van der Waals surface area contributed by atoms with Crippen molar-refractivity contribution in [1.82, 2.24) is 10.9 Å². The van der Waals surface area contributed by atoms with Crippen molar-refractivity contribution < 1.29 is 14.3 Å². The quantitative estimate of drug-likeness (QED) is 0.552. The van der Waals surface area contributed by atoms with Gasteiger partial charge in [0, 0.05) is 10.7 Å². The first-order chi connectivity index (χ1) is 12.0. The van der Waals surface area contributed by atoms with Gasteiger partial charge in [0.1, 0.15) is 6.61 Å². The standard InChI is InChI=1S/C17H16ClN3O3S/c1-10-11(18)5-4-6-12(10)19-17(25)21-20-16(22)15-9-23-13-7-2-3-8-14(13)24-15/h2-8,15H,9H2,1H3,(H,20,22)(H2,19,21,25). The van der Waals surface area contributed by atoms with Crippen molar-refractivity contribution in [3.63, 3.8) is 0 Å². The summed E-state index contributed by atoms with van der Waals surface area (Å²) in [5.41, 5.74) is 6.76. The minimum atomic E-state index is -0.766. The Morgan fingerprint density at radius 2 is 1.92 bits per heavy atom. The zero-order valence-electron chi connectivity index (χ0n) is 13.3. The largest absolute Gasteiger partial charge is 0.485 e. The second kappa shape index (κ2) is 7.58. The molecule has 130 valence electrons. The van der Waals surface area contributed by atoms with E-state index in [0.717, 1.165) is 11.3 Å². The van der Waals surface area contributed by atoms with Crippen LogP contribution in [0.5, 0.6) is 11.5 Å². The Morgan fingerprint density at radius 1 is 1.16 bits per heavy atom. The molecule has 6 nitrogen and oxygen atoms in total. The van der Waals surface area contributed by atoms with Crippen molar-refractivity contribution in [3.05, 3.63) is 53.1 Å². The zero-order chi connectivity index (χ0) is 17.8. The van der Waals surface area contributed by atoms with Crippen molar-refractivity contribution in [2.24, 2.45) is 0 Å². The number of hydrogen-bond donors (Lipinski definition) is 3. The molecule has 0 spiro atoms. The van der Waals surface area contributed by atoms with E-state index in [0.29, 0.717) is 16.5 Å². The van der Waals surface area contributed by atoms with E-state index in [2.05, 4.69) is 16.2 Å². The third kappa shape index (κ3) is 4.12. The lowest BCUT2D eigenvalue weighted by Crippen LogP contribution is -2.51. The van der Waals surface area contributed by atoms with Crippen LogP contribution in [0.2, 0.25) is 5.02 Å². The van der Waals surface area contributed by atoms with Gasteiger partial charge in [0.25, 0.3) is 5.91 Å². The number of thiocarbonyl (C=S) groups is 1. The van der Waals surface area contributed by atoms with Crippen LogP contribution in [0.25, 0.3) is 0 Å². The third-order valence-electron chi connectivity index (χ3n) is 3.62. The molecule has 25 heavy (non-hydrogen) atoms. The number of hydrazine groups is 1. The van der Waals surface area contributed by atoms with Gasteiger partial charge >= 0.3 is 0 Å². The maximum Gasteiger partial charge on any atom is 0.283 e. The number of hydrogen-bond acceptors (Lipinski definition) is 4. The SMILES string of the molecule is Cc1c(Cl)cccc1NC(=S)NNC(=O)C1COc2ccccc2O1. The van der Waals surface area contributed by atoms with E-state index in [1.165, 1.54) is 0 Å². The highest BCUT2D eigenvalue weighted by molar-refractivity contribution is 7.80. The van der Waals surface area contributed by atoms with Crippen LogP contribution in [0.4, 0.5) is 5.69 Å². The van der Waals surface area contributed by atoms with Crippen LogP contribution in [-0.2, 0) is 4.79 Å². The van der Waals surface area contributed by atoms with E-state index in [4.69, 9.17) is 33.3 Å². The summed E-state index contributed by atoms with van der Waals surface area (Å²) in [5.74, 6) is 0.763. The summed E-state index contributed by atoms with van der Waals surface area (Å²) in [6.07, 6.45) is -0.766. The van der Waals surface area contributed by atoms with Crippen LogP contribution >= 0.6 is 23.8 Å². The summed E-state index contributed by atoms with van der Waals surface area (Å²) < 4.78 is 11.1. The molecule has 3 rings (SSSR count). The summed E-state index contributed by atoms with van der Waals surface area (Å²) in [6, 6.07) is 12.6. The van der Waals surface area contributed by atoms with Gasteiger partial charge in [-0.15, -0.1) is 0 Å². The summed E-state index contributed by atoms with van der Waals surface area (Å²) in [5, 5.41) is 3.83. The highest BCUT2D eigenvalue weighted by Gasteiger charge is 2.27. The summed E-state index contributed by atoms with van der Waals surface area (Å²) in [6.45, 7) is 1.99. The lowest BCUT2D eigenvalue weighted by atomic mass is 10.2. The molecular weight excluding hydrogens is 362 g/mol. The first-order valence-electron chi connectivity index (χ1n) is 7.55. The van der Waals surface area contributed by atoms with E-state index in [9.17, 15) is 4.79 Å². The predicted octanol–water partition coefficient (Wildman–Crippen LogP) is 2.81. The number of carbonyl (C=O) groups excluding carboxylic acids is 1. The van der Waals surface area contributed by atoms with E-state index >= 15 is 0 Å². The molecule has 1 amide bonds. The Balaban J connectivity index is 1.52. The Kier molecular flexibility index (Phi) is 5.25. The fraction of sp³-hybridized carbons (Fsp3) is 0.176. The molecule has 1 heterocycles. The number of amides is 1. The Morgan fingerprint density at radius 3 is 2.72 bits per heavy atom. The normalized spacial score (nSPS) is 15.2. The van der Waals surface area contributed by atoms with Crippen molar-refractivity contribution in [1.29, 1.82) is 0 Å². The number of carbonyl (C=O) groups is 1. The molecule has 0 fully saturated rings. The molecule has 0 saturated carbocycles. The van der Waals surface area contributed by atoms with Crippen LogP contribution in [-0.4, -0.2) is 23.7 Å². The summed E-state index contributed by atoms with van der Waals surface area (Å²) in [7, 11) is 0. The fourth-order valence-electron chi connectivity index (χ4n) is 2.24. The predicted molar refractivity (Wildman–Crippen MR) is 100 cm³/mol. The number of anilines is 1. The smallest absolute Gasteiger partial charge is 0.283 e. The Hall–Kier alpha value is -2.51. The number of rotatable bonds is 2. The topological polar surface area (TPSA) is 71.6 Å². The molecule has 1 aliphatic rings. The van der Waals surface area contributed by atoms with Crippen molar-refractivity contribution in [2.75, 3.05) is 11.9 Å². The number of ether oxygens (including phenoxy) is 2. The lowest BCUT2D eigenvalue weighted by molar-refractivity contribution is -0.130. The van der Waals surface area contributed by atoms with E-state index in [1.807, 2.05) is 31.2 Å². The minimum absolute atomic E-state index is 0.123.